The highest BCUT2D eigenvalue weighted by Gasteiger charge is 2.26. The maximum absolute atomic E-state index is 5.82. The van der Waals surface area contributed by atoms with Crippen molar-refractivity contribution in [3.63, 3.8) is 0 Å². The summed E-state index contributed by atoms with van der Waals surface area (Å²) in [5.41, 5.74) is 12.7. The Morgan fingerprint density at radius 2 is 2.21 bits per heavy atom. The summed E-state index contributed by atoms with van der Waals surface area (Å²) in [7, 11) is 0. The molecule has 5 heteroatoms. The first-order valence-electron chi connectivity index (χ1n) is 7.42. The number of rotatable bonds is 7. The van der Waals surface area contributed by atoms with Crippen LogP contribution >= 0.6 is 11.3 Å². The van der Waals surface area contributed by atoms with Crippen molar-refractivity contribution in [1.82, 2.24) is 9.88 Å². The van der Waals surface area contributed by atoms with Crippen LogP contribution in [0.4, 0.5) is 5.13 Å². The molecule has 0 bridgehead atoms. The third-order valence-electron chi connectivity index (χ3n) is 3.86. The lowest BCUT2D eigenvalue weighted by Crippen LogP contribution is -2.40. The van der Waals surface area contributed by atoms with Gasteiger partial charge in [-0.2, -0.15) is 0 Å². The second kappa shape index (κ2) is 7.22. The zero-order chi connectivity index (χ0) is 13.7. The standard InChI is InChI=1S/C14H26N4S/c1-2-8-18(9-4-3-7-15)11-5-6-12-13(10-11)19-14(16)17-12/h11H,2-10,15H2,1H3,(H2,16,17)/t11-/m0/s1. The minimum absolute atomic E-state index is 0.671. The van der Waals surface area contributed by atoms with E-state index in [1.807, 2.05) is 0 Å². The molecule has 1 aliphatic rings. The Morgan fingerprint density at radius 1 is 1.37 bits per heavy atom. The number of nitrogens with zero attached hydrogens (tertiary/aromatic N) is 2. The molecule has 2 rings (SSSR count). The van der Waals surface area contributed by atoms with Crippen LogP contribution in [-0.4, -0.2) is 35.6 Å². The molecule has 1 aliphatic carbocycles. The molecule has 19 heavy (non-hydrogen) atoms. The van der Waals surface area contributed by atoms with Gasteiger partial charge in [-0.15, -0.1) is 11.3 Å². The fraction of sp³-hybridized carbons (Fsp3) is 0.786. The normalized spacial score (nSPS) is 18.8. The zero-order valence-electron chi connectivity index (χ0n) is 11.9. The summed E-state index contributed by atoms with van der Waals surface area (Å²) in [6.45, 7) is 5.44. The van der Waals surface area contributed by atoms with Crippen molar-refractivity contribution >= 4 is 16.5 Å². The van der Waals surface area contributed by atoms with Gasteiger partial charge in [0.15, 0.2) is 5.13 Å². The van der Waals surface area contributed by atoms with E-state index in [0.717, 1.165) is 30.9 Å². The third kappa shape index (κ3) is 3.91. The molecule has 0 saturated carbocycles. The Kier molecular flexibility index (Phi) is 5.60. The molecular weight excluding hydrogens is 256 g/mol. The Morgan fingerprint density at radius 3 is 2.95 bits per heavy atom. The molecule has 1 atom stereocenters. The Balaban J connectivity index is 1.95. The number of aromatic nitrogens is 1. The molecule has 0 aliphatic heterocycles. The number of nitrogen functional groups attached to an aromatic ring is 1. The first kappa shape index (κ1) is 14.8. The molecule has 0 fully saturated rings. The molecule has 0 amide bonds. The highest BCUT2D eigenvalue weighted by Crippen LogP contribution is 2.30. The summed E-state index contributed by atoms with van der Waals surface area (Å²) in [4.78, 5) is 8.49. The third-order valence-corrected chi connectivity index (χ3v) is 4.81. The van der Waals surface area contributed by atoms with E-state index in [4.69, 9.17) is 11.5 Å². The van der Waals surface area contributed by atoms with Gasteiger partial charge >= 0.3 is 0 Å². The van der Waals surface area contributed by atoms with Crippen molar-refractivity contribution in [2.24, 2.45) is 5.73 Å². The van der Waals surface area contributed by atoms with Crippen LogP contribution in [0.5, 0.6) is 0 Å². The molecule has 0 spiro atoms. The van der Waals surface area contributed by atoms with Crippen LogP contribution in [0.2, 0.25) is 0 Å². The van der Waals surface area contributed by atoms with Gasteiger partial charge in [0.05, 0.1) is 5.69 Å². The smallest absolute Gasteiger partial charge is 0.180 e. The summed E-state index contributed by atoms with van der Waals surface area (Å²) in [5, 5.41) is 0.732. The molecule has 0 aromatic carbocycles. The maximum atomic E-state index is 5.82. The van der Waals surface area contributed by atoms with Gasteiger partial charge < -0.3 is 16.4 Å². The van der Waals surface area contributed by atoms with Gasteiger partial charge in [-0.3, -0.25) is 0 Å². The average molecular weight is 282 g/mol. The SMILES string of the molecule is CCCN(CCCCN)[C@H]1CCc2nc(N)sc2C1. The second-order valence-corrected chi connectivity index (χ2v) is 6.47. The van der Waals surface area contributed by atoms with Gasteiger partial charge in [-0.1, -0.05) is 6.92 Å². The first-order valence-corrected chi connectivity index (χ1v) is 8.24. The van der Waals surface area contributed by atoms with Crippen molar-refractivity contribution in [3.8, 4) is 0 Å². The Labute approximate surface area is 120 Å². The number of hydrogen-bond donors (Lipinski definition) is 2. The number of aryl methyl sites for hydroxylation is 1. The minimum Gasteiger partial charge on any atom is -0.375 e. The zero-order valence-corrected chi connectivity index (χ0v) is 12.7. The van der Waals surface area contributed by atoms with Gasteiger partial charge in [0.1, 0.15) is 0 Å². The minimum atomic E-state index is 0.671. The summed E-state index contributed by atoms with van der Waals surface area (Å²) in [6.07, 6.45) is 7.00. The van der Waals surface area contributed by atoms with Crippen molar-refractivity contribution in [1.29, 1.82) is 0 Å². The summed E-state index contributed by atoms with van der Waals surface area (Å²) in [6, 6.07) is 0.671. The molecule has 1 aromatic rings. The summed E-state index contributed by atoms with van der Waals surface area (Å²) < 4.78 is 0. The number of thiazole rings is 1. The van der Waals surface area contributed by atoms with E-state index in [1.54, 1.807) is 11.3 Å². The number of anilines is 1. The molecular formula is C14H26N4S. The lowest BCUT2D eigenvalue weighted by molar-refractivity contribution is 0.177. The fourth-order valence-electron chi connectivity index (χ4n) is 2.91. The number of hydrogen-bond acceptors (Lipinski definition) is 5. The van der Waals surface area contributed by atoms with E-state index in [9.17, 15) is 0 Å². The van der Waals surface area contributed by atoms with Gasteiger partial charge in [0.2, 0.25) is 0 Å². The van der Waals surface area contributed by atoms with Gasteiger partial charge in [0.25, 0.3) is 0 Å². The van der Waals surface area contributed by atoms with Crippen LogP contribution in [0.1, 0.15) is 43.2 Å². The maximum Gasteiger partial charge on any atom is 0.180 e. The molecule has 1 aromatic heterocycles. The fourth-order valence-corrected chi connectivity index (χ4v) is 3.86. The van der Waals surface area contributed by atoms with E-state index >= 15 is 0 Å². The number of fused-ring (bicyclic) bond motifs is 1. The topological polar surface area (TPSA) is 68.2 Å². The second-order valence-electron chi connectivity index (χ2n) is 5.35. The molecule has 4 N–H and O–H groups in total. The average Bonchev–Trinajstić information content (AvgIpc) is 2.77. The quantitative estimate of drug-likeness (QED) is 0.751. The number of unbranched alkanes of at least 4 members (excludes halogenated alkanes) is 1. The van der Waals surface area contributed by atoms with Gasteiger partial charge in [-0.25, -0.2) is 4.98 Å². The highest BCUT2D eigenvalue weighted by molar-refractivity contribution is 7.15. The van der Waals surface area contributed by atoms with E-state index < -0.39 is 0 Å². The Hall–Kier alpha value is -0.650. The van der Waals surface area contributed by atoms with Gasteiger partial charge in [0, 0.05) is 10.9 Å². The summed E-state index contributed by atoms with van der Waals surface area (Å²) >= 11 is 1.68. The predicted molar refractivity (Wildman–Crippen MR) is 82.5 cm³/mol. The number of nitrogens with two attached hydrogens (primary N) is 2. The van der Waals surface area contributed by atoms with E-state index in [0.29, 0.717) is 6.04 Å². The van der Waals surface area contributed by atoms with Crippen LogP contribution in [0.3, 0.4) is 0 Å². The molecule has 108 valence electrons. The molecule has 4 nitrogen and oxygen atoms in total. The van der Waals surface area contributed by atoms with E-state index in [-0.39, 0.29) is 0 Å². The largest absolute Gasteiger partial charge is 0.375 e. The molecule has 1 heterocycles. The predicted octanol–water partition coefficient (Wildman–Crippen LogP) is 2.03. The van der Waals surface area contributed by atoms with Crippen LogP contribution < -0.4 is 11.5 Å². The molecule has 0 radical (unpaired) electrons. The molecule has 0 unspecified atom stereocenters. The highest BCUT2D eigenvalue weighted by atomic mass is 32.1. The summed E-state index contributed by atoms with van der Waals surface area (Å²) in [5.74, 6) is 0. The first-order chi connectivity index (χ1) is 9.24. The van der Waals surface area contributed by atoms with Crippen LogP contribution in [0.15, 0.2) is 0 Å². The van der Waals surface area contributed by atoms with Crippen LogP contribution in [-0.2, 0) is 12.8 Å². The van der Waals surface area contributed by atoms with E-state index in [2.05, 4.69) is 16.8 Å². The Bertz CT molecular complexity index is 391. The van der Waals surface area contributed by atoms with Crippen molar-refractivity contribution in [2.75, 3.05) is 25.4 Å². The van der Waals surface area contributed by atoms with Crippen LogP contribution in [0.25, 0.3) is 0 Å². The van der Waals surface area contributed by atoms with Crippen LogP contribution in [0, 0.1) is 0 Å². The molecule has 0 saturated heterocycles. The van der Waals surface area contributed by atoms with Crippen molar-refractivity contribution < 1.29 is 0 Å². The van der Waals surface area contributed by atoms with Gasteiger partial charge in [-0.05, 0) is 58.2 Å². The van der Waals surface area contributed by atoms with Crippen molar-refractivity contribution in [2.45, 2.75) is 51.5 Å². The van der Waals surface area contributed by atoms with E-state index in [1.165, 1.54) is 42.9 Å². The van der Waals surface area contributed by atoms with Crippen molar-refractivity contribution in [3.05, 3.63) is 10.6 Å². The lowest BCUT2D eigenvalue weighted by Gasteiger charge is -2.33. The monoisotopic (exact) mass is 282 g/mol. The lowest BCUT2D eigenvalue weighted by atomic mass is 9.96.